The Balaban J connectivity index is 1.40. The molecule has 0 spiro atoms. The van der Waals surface area contributed by atoms with Gasteiger partial charge in [-0.05, 0) is 41.0 Å². The van der Waals surface area contributed by atoms with Gasteiger partial charge in [-0.1, -0.05) is 36.4 Å². The Morgan fingerprint density at radius 1 is 1.00 bits per heavy atom. The van der Waals surface area contributed by atoms with Crippen molar-refractivity contribution < 1.29 is 19.4 Å². The highest BCUT2D eigenvalue weighted by Crippen LogP contribution is 2.35. The second-order valence-corrected chi connectivity index (χ2v) is 8.60. The van der Waals surface area contributed by atoms with Gasteiger partial charge in [-0.2, -0.15) is 5.10 Å². The fraction of sp³-hybridized carbons (Fsp3) is 0.115. The number of rotatable bonds is 5. The molecule has 35 heavy (non-hydrogen) atoms. The molecule has 3 amide bonds. The normalized spacial score (nSPS) is 17.6. The first kappa shape index (κ1) is 20.8. The number of aromatic nitrogens is 3. The monoisotopic (exact) mass is 467 g/mol. The van der Waals surface area contributed by atoms with Gasteiger partial charge in [0.15, 0.2) is 11.4 Å². The van der Waals surface area contributed by atoms with Crippen LogP contribution in [0.25, 0.3) is 32.8 Å². The first-order valence-corrected chi connectivity index (χ1v) is 11.0. The van der Waals surface area contributed by atoms with Crippen LogP contribution < -0.4 is 15.4 Å². The summed E-state index contributed by atoms with van der Waals surface area (Å²) in [6.45, 7) is 0.00680. The van der Waals surface area contributed by atoms with E-state index in [2.05, 4.69) is 20.8 Å². The molecule has 9 nitrogen and oxygen atoms in total. The van der Waals surface area contributed by atoms with Crippen LogP contribution in [0.2, 0.25) is 0 Å². The van der Waals surface area contributed by atoms with E-state index >= 15 is 0 Å². The lowest BCUT2D eigenvalue weighted by Crippen LogP contribution is -2.47. The van der Waals surface area contributed by atoms with E-state index in [1.807, 2.05) is 48.5 Å². The summed E-state index contributed by atoms with van der Waals surface area (Å²) in [5, 5.41) is 25.5. The maximum absolute atomic E-state index is 13.1. The van der Waals surface area contributed by atoms with Gasteiger partial charge in [0.1, 0.15) is 5.75 Å². The molecule has 3 aromatic carbocycles. The first-order chi connectivity index (χ1) is 17.0. The van der Waals surface area contributed by atoms with Gasteiger partial charge in [-0.3, -0.25) is 15.2 Å². The van der Waals surface area contributed by atoms with E-state index < -0.39 is 17.5 Å². The number of aromatic hydroxyl groups is 1. The van der Waals surface area contributed by atoms with Crippen LogP contribution in [-0.2, 0) is 16.9 Å². The smallest absolute Gasteiger partial charge is 0.322 e. The molecule has 0 unspecified atom stereocenters. The predicted octanol–water partition coefficient (Wildman–Crippen LogP) is 3.63. The molecule has 0 radical (unpaired) electrons. The molecule has 0 saturated carbocycles. The number of hydrogen-bond donors (Lipinski definition) is 4. The number of nitrogens with zero attached hydrogens (tertiary/aromatic N) is 2. The van der Waals surface area contributed by atoms with Gasteiger partial charge in [0.2, 0.25) is 0 Å². The van der Waals surface area contributed by atoms with Crippen molar-refractivity contribution in [2.45, 2.75) is 12.1 Å². The second-order valence-electron chi connectivity index (χ2n) is 8.60. The van der Waals surface area contributed by atoms with Crippen LogP contribution >= 0.6 is 0 Å². The zero-order chi connectivity index (χ0) is 24.2. The number of fused-ring (bicyclic) bond motifs is 2. The summed E-state index contributed by atoms with van der Waals surface area (Å²) in [6, 6.07) is 18.2. The molecule has 1 atom stereocenters. The van der Waals surface area contributed by atoms with Crippen molar-refractivity contribution in [2.75, 3.05) is 7.11 Å². The van der Waals surface area contributed by atoms with E-state index in [1.165, 1.54) is 0 Å². The van der Waals surface area contributed by atoms with Crippen molar-refractivity contribution in [1.82, 2.24) is 25.4 Å². The number of benzene rings is 3. The molecule has 6 rings (SSSR count). The molecule has 1 aliphatic rings. The SMILES string of the molecule is COc1ccc2cn(C[C@@]3(c4ccc(-c5ccc6cn[nH]c6c5)cc4)NC(=O)NC3=O)c(O)c2c1. The molecule has 0 aliphatic carbocycles. The van der Waals surface area contributed by atoms with Crippen LogP contribution in [0.5, 0.6) is 11.6 Å². The minimum Gasteiger partial charge on any atom is -0.497 e. The summed E-state index contributed by atoms with van der Waals surface area (Å²) >= 11 is 0. The largest absolute Gasteiger partial charge is 0.497 e. The van der Waals surface area contributed by atoms with E-state index in [0.29, 0.717) is 16.7 Å². The highest BCUT2D eigenvalue weighted by molar-refractivity contribution is 6.07. The topological polar surface area (TPSA) is 121 Å². The molecule has 3 heterocycles. The highest BCUT2D eigenvalue weighted by atomic mass is 16.5. The number of methoxy groups -OCH3 is 1. The number of aromatic amines is 1. The molecule has 1 saturated heterocycles. The number of ether oxygens (including phenoxy) is 1. The predicted molar refractivity (Wildman–Crippen MR) is 130 cm³/mol. The van der Waals surface area contributed by atoms with Crippen LogP contribution in [0.3, 0.4) is 0 Å². The Labute approximate surface area is 199 Å². The highest BCUT2D eigenvalue weighted by Gasteiger charge is 2.48. The molecule has 4 N–H and O–H groups in total. The zero-order valence-corrected chi connectivity index (χ0v) is 18.7. The summed E-state index contributed by atoms with van der Waals surface area (Å²) in [6.07, 6.45) is 3.52. The fourth-order valence-corrected chi connectivity index (χ4v) is 4.69. The Bertz CT molecular complexity index is 1620. The van der Waals surface area contributed by atoms with E-state index in [9.17, 15) is 14.7 Å². The summed E-state index contributed by atoms with van der Waals surface area (Å²) in [7, 11) is 1.55. The third-order valence-corrected chi connectivity index (χ3v) is 6.57. The summed E-state index contributed by atoms with van der Waals surface area (Å²) < 4.78 is 6.82. The quantitative estimate of drug-likeness (QED) is 0.294. The number of imide groups is 1. The van der Waals surface area contributed by atoms with Crippen molar-refractivity contribution in [3.05, 3.63) is 78.6 Å². The fourth-order valence-electron chi connectivity index (χ4n) is 4.69. The van der Waals surface area contributed by atoms with Crippen LogP contribution in [0.15, 0.2) is 73.1 Å². The lowest BCUT2D eigenvalue weighted by atomic mass is 9.88. The van der Waals surface area contributed by atoms with Crippen LogP contribution in [-0.4, -0.2) is 38.9 Å². The van der Waals surface area contributed by atoms with E-state index in [1.54, 1.807) is 36.2 Å². The molecular formula is C26H21N5O4. The molecule has 1 fully saturated rings. The number of carbonyl (C=O) groups is 2. The molecule has 2 aromatic heterocycles. The standard InChI is InChI=1S/C26H21N5O4/c1-35-20-9-6-18-13-31(23(32)21(18)11-20)14-26(24(33)28-25(34)29-26)19-7-4-15(5-8-19)16-2-3-17-12-27-30-22(17)10-16/h2-13,32H,14H2,1H3,(H,27,30)(H2,28,29,33,34)/t26-/m0/s1. The van der Waals surface area contributed by atoms with Gasteiger partial charge in [0.05, 0.1) is 25.4 Å². The first-order valence-electron chi connectivity index (χ1n) is 11.0. The van der Waals surface area contributed by atoms with Crippen molar-refractivity contribution in [3.63, 3.8) is 0 Å². The molecule has 0 bridgehead atoms. The maximum atomic E-state index is 13.1. The third-order valence-electron chi connectivity index (χ3n) is 6.57. The second kappa shape index (κ2) is 7.63. The van der Waals surface area contributed by atoms with Crippen molar-refractivity contribution in [3.8, 4) is 22.8 Å². The van der Waals surface area contributed by atoms with Crippen molar-refractivity contribution in [2.24, 2.45) is 0 Å². The summed E-state index contributed by atoms with van der Waals surface area (Å²) in [4.78, 5) is 25.3. The molecule has 9 heteroatoms. The average Bonchev–Trinajstić information content (AvgIpc) is 3.55. The number of urea groups is 1. The number of amides is 3. The lowest BCUT2D eigenvalue weighted by Gasteiger charge is -2.27. The average molecular weight is 467 g/mol. The third kappa shape index (κ3) is 3.28. The Hall–Kier alpha value is -4.79. The minimum atomic E-state index is -1.39. The van der Waals surface area contributed by atoms with Gasteiger partial charge in [0, 0.05) is 22.4 Å². The van der Waals surface area contributed by atoms with Crippen molar-refractivity contribution >= 4 is 33.6 Å². The van der Waals surface area contributed by atoms with E-state index in [-0.39, 0.29) is 12.4 Å². The molecule has 174 valence electrons. The Kier molecular flexibility index (Phi) is 4.53. The van der Waals surface area contributed by atoms with Gasteiger partial charge in [-0.15, -0.1) is 0 Å². The number of hydrogen-bond acceptors (Lipinski definition) is 5. The molecule has 1 aliphatic heterocycles. The van der Waals surface area contributed by atoms with Gasteiger partial charge >= 0.3 is 6.03 Å². The minimum absolute atomic E-state index is 0.00680. The summed E-state index contributed by atoms with van der Waals surface area (Å²) in [5.41, 5.74) is 2.08. The van der Waals surface area contributed by atoms with Crippen LogP contribution in [0, 0.1) is 0 Å². The number of carbonyl (C=O) groups excluding carboxylic acids is 2. The van der Waals surface area contributed by atoms with Crippen LogP contribution in [0.4, 0.5) is 4.79 Å². The summed E-state index contributed by atoms with van der Waals surface area (Å²) in [5.74, 6) is 0.108. The number of nitrogens with one attached hydrogen (secondary N) is 3. The van der Waals surface area contributed by atoms with Crippen LogP contribution in [0.1, 0.15) is 5.56 Å². The van der Waals surface area contributed by atoms with Gasteiger partial charge < -0.3 is 19.7 Å². The Morgan fingerprint density at radius 2 is 1.77 bits per heavy atom. The van der Waals surface area contributed by atoms with E-state index in [4.69, 9.17) is 4.74 Å². The van der Waals surface area contributed by atoms with Gasteiger partial charge in [-0.25, -0.2) is 4.79 Å². The maximum Gasteiger partial charge on any atom is 0.322 e. The number of H-pyrrole nitrogens is 1. The zero-order valence-electron chi connectivity index (χ0n) is 18.7. The van der Waals surface area contributed by atoms with Gasteiger partial charge in [0.25, 0.3) is 5.91 Å². The molecule has 5 aromatic rings. The molecular weight excluding hydrogens is 446 g/mol. The van der Waals surface area contributed by atoms with E-state index in [0.717, 1.165) is 27.4 Å². The van der Waals surface area contributed by atoms with Crippen molar-refractivity contribution in [1.29, 1.82) is 0 Å². The Morgan fingerprint density at radius 3 is 2.51 bits per heavy atom. The lowest BCUT2D eigenvalue weighted by molar-refractivity contribution is -0.124.